The predicted molar refractivity (Wildman–Crippen MR) is 94.1 cm³/mol. The van der Waals surface area contributed by atoms with Gasteiger partial charge in [0.25, 0.3) is 0 Å². The van der Waals surface area contributed by atoms with Crippen molar-refractivity contribution >= 4 is 30.0 Å². The summed E-state index contributed by atoms with van der Waals surface area (Å²) in [6, 6.07) is 4.00. The van der Waals surface area contributed by atoms with Crippen LogP contribution in [0.5, 0.6) is 11.5 Å². The number of halogens is 1. The number of benzene rings is 1. The lowest BCUT2D eigenvalue weighted by Gasteiger charge is -2.26. The van der Waals surface area contributed by atoms with Gasteiger partial charge in [0.05, 0.1) is 12.7 Å². The van der Waals surface area contributed by atoms with Gasteiger partial charge in [-0.05, 0) is 35.4 Å². The Morgan fingerprint density at radius 1 is 1.16 bits per heavy atom. The average Bonchev–Trinajstić information content (AvgIpc) is 3.06. The molecule has 1 aromatic rings. The highest BCUT2D eigenvalue weighted by Crippen LogP contribution is 2.38. The largest absolute Gasteiger partial charge is 0.493 e. The Balaban J connectivity index is 0.00000157. The van der Waals surface area contributed by atoms with E-state index in [1.807, 2.05) is 36.7 Å². The summed E-state index contributed by atoms with van der Waals surface area (Å²) in [4.78, 5) is 13.5. The van der Waals surface area contributed by atoms with Crippen molar-refractivity contribution in [2.24, 2.45) is 0 Å². The van der Waals surface area contributed by atoms with Crippen LogP contribution in [0.4, 0.5) is 0 Å². The molecule has 0 saturated carbocycles. The Kier molecular flexibility index (Phi) is 3.56. The number of Topliss-reactive ketones (excluding diaryl/α,β-unsaturated/α-hetero) is 1. The number of ketones is 1. The molecular formula is C19H15ClNO4+. The van der Waals surface area contributed by atoms with E-state index in [4.69, 9.17) is 14.2 Å². The van der Waals surface area contributed by atoms with Crippen LogP contribution in [0.15, 0.2) is 59.7 Å². The number of allylic oxidation sites excluding steroid dienone is 5. The lowest BCUT2D eigenvalue weighted by atomic mass is 9.89. The molecule has 25 heavy (non-hydrogen) atoms. The summed E-state index contributed by atoms with van der Waals surface area (Å²) in [6.07, 6.45) is 11.7. The smallest absolute Gasteiger partial charge is 0.233 e. The van der Waals surface area contributed by atoms with Crippen LogP contribution in [-0.2, 0) is 9.53 Å². The summed E-state index contributed by atoms with van der Waals surface area (Å²) in [6.45, 7) is 0.256. The van der Waals surface area contributed by atoms with Crippen LogP contribution in [0.2, 0.25) is 0 Å². The molecule has 1 aliphatic carbocycles. The van der Waals surface area contributed by atoms with E-state index in [-0.39, 0.29) is 25.0 Å². The van der Waals surface area contributed by atoms with Gasteiger partial charge in [0.1, 0.15) is 18.1 Å². The molecule has 3 aliphatic heterocycles. The summed E-state index contributed by atoms with van der Waals surface area (Å²) in [5, 5.41) is 0. The molecule has 0 aromatic heterocycles. The lowest BCUT2D eigenvalue weighted by Crippen LogP contribution is -3.00. The molecule has 1 aromatic carbocycles. The van der Waals surface area contributed by atoms with Crippen LogP contribution in [0, 0.1) is 0 Å². The van der Waals surface area contributed by atoms with E-state index >= 15 is 0 Å². The van der Waals surface area contributed by atoms with Gasteiger partial charge in [-0.25, -0.2) is 4.90 Å². The maximum atomic E-state index is 12.5. The van der Waals surface area contributed by atoms with Gasteiger partial charge in [0, 0.05) is 17.7 Å². The molecule has 4 aliphatic rings. The molecule has 6 heteroatoms. The number of fused-ring (bicyclic) bond motifs is 5. The zero-order valence-electron chi connectivity index (χ0n) is 13.4. The number of ether oxygens (including phenoxy) is 3. The minimum Gasteiger partial charge on any atom is -0.493 e. The van der Waals surface area contributed by atoms with E-state index in [1.54, 1.807) is 6.08 Å². The quantitative estimate of drug-likeness (QED) is 0.836. The third-order valence-corrected chi connectivity index (χ3v) is 4.60. The second-order valence-electron chi connectivity index (χ2n) is 5.88. The Morgan fingerprint density at radius 3 is 2.76 bits per heavy atom. The molecule has 0 saturated heterocycles. The molecule has 0 bridgehead atoms. The first-order chi connectivity index (χ1) is 11.7. The molecule has 0 fully saturated rings. The number of hydrogen-bond donors (Lipinski definition) is 1. The highest BCUT2D eigenvalue weighted by molar-refractivity contribution is 6.12. The van der Waals surface area contributed by atoms with Crippen LogP contribution < -0.4 is 14.4 Å². The second kappa shape index (κ2) is 5.65. The lowest BCUT2D eigenvalue weighted by molar-refractivity contribution is -0.705. The third kappa shape index (κ3) is 2.24. The van der Waals surface area contributed by atoms with Gasteiger partial charge in [-0.15, -0.1) is 12.4 Å². The molecular weight excluding hydrogens is 342 g/mol. The molecule has 5 rings (SSSR count). The van der Waals surface area contributed by atoms with Gasteiger partial charge in [-0.3, -0.25) is 4.79 Å². The summed E-state index contributed by atoms with van der Waals surface area (Å²) >= 11 is 0. The molecule has 0 radical (unpaired) electrons. The first kappa shape index (κ1) is 15.7. The highest BCUT2D eigenvalue weighted by atomic mass is 35.5. The van der Waals surface area contributed by atoms with Crippen molar-refractivity contribution in [3.8, 4) is 11.5 Å². The fourth-order valence-electron chi connectivity index (χ4n) is 3.38. The van der Waals surface area contributed by atoms with Crippen LogP contribution in [0.25, 0.3) is 11.8 Å². The topological polar surface area (TPSA) is 49.2 Å². The first-order valence-corrected chi connectivity index (χ1v) is 7.68. The Morgan fingerprint density at radius 2 is 1.96 bits per heavy atom. The standard InChI is InChI=1S/C19H13NO4.ClH/c1-22-16-3-2-11-6-15-13-8-18-17(23-10-24-18)7-12(13)4-5-20(15)9-14(11)19(16)21;/h2-9H,10H2,1H3;1H/p+1. The normalized spacial score (nSPS) is 21.6. The van der Waals surface area contributed by atoms with Crippen molar-refractivity contribution in [3.05, 3.63) is 70.8 Å². The van der Waals surface area contributed by atoms with Crippen LogP contribution >= 0.6 is 12.4 Å². The number of nitrogens with one attached hydrogen (secondary N) is 1. The zero-order chi connectivity index (χ0) is 16.3. The minimum absolute atomic E-state index is 0. The fourth-order valence-corrected chi connectivity index (χ4v) is 3.38. The van der Waals surface area contributed by atoms with Crippen molar-refractivity contribution < 1.29 is 23.9 Å². The van der Waals surface area contributed by atoms with E-state index < -0.39 is 0 Å². The third-order valence-electron chi connectivity index (χ3n) is 4.60. The summed E-state index contributed by atoms with van der Waals surface area (Å²) in [5.41, 5.74) is 4.83. The van der Waals surface area contributed by atoms with Crippen molar-refractivity contribution in [1.82, 2.24) is 0 Å². The van der Waals surface area contributed by atoms with Gasteiger partial charge < -0.3 is 14.2 Å². The minimum atomic E-state index is -0.0808. The Bertz CT molecular complexity index is 952. The van der Waals surface area contributed by atoms with Crippen molar-refractivity contribution in [2.75, 3.05) is 13.9 Å². The maximum absolute atomic E-state index is 12.5. The second-order valence-corrected chi connectivity index (χ2v) is 5.88. The number of quaternary nitrogens is 1. The van der Waals surface area contributed by atoms with Gasteiger partial charge in [0.2, 0.25) is 12.6 Å². The summed E-state index contributed by atoms with van der Waals surface area (Å²) < 4.78 is 16.1. The average molecular weight is 357 g/mol. The van der Waals surface area contributed by atoms with Crippen LogP contribution in [0.3, 0.4) is 0 Å². The number of rotatable bonds is 1. The van der Waals surface area contributed by atoms with E-state index in [1.165, 1.54) is 7.11 Å². The number of hydrogen-bond acceptors (Lipinski definition) is 4. The van der Waals surface area contributed by atoms with Gasteiger partial charge in [-0.2, -0.15) is 0 Å². The zero-order valence-corrected chi connectivity index (χ0v) is 14.2. The van der Waals surface area contributed by atoms with Crippen LogP contribution in [0.1, 0.15) is 11.1 Å². The molecule has 0 spiro atoms. The highest BCUT2D eigenvalue weighted by Gasteiger charge is 2.33. The Labute approximate surface area is 150 Å². The van der Waals surface area contributed by atoms with Crippen molar-refractivity contribution in [3.63, 3.8) is 0 Å². The van der Waals surface area contributed by atoms with E-state index in [9.17, 15) is 4.79 Å². The van der Waals surface area contributed by atoms with Gasteiger partial charge in [-0.1, -0.05) is 0 Å². The molecule has 0 amide bonds. The van der Waals surface area contributed by atoms with E-state index in [0.29, 0.717) is 11.3 Å². The molecule has 1 atom stereocenters. The van der Waals surface area contributed by atoms with Crippen molar-refractivity contribution in [2.45, 2.75) is 0 Å². The predicted octanol–water partition coefficient (Wildman–Crippen LogP) is 1.98. The van der Waals surface area contributed by atoms with E-state index in [2.05, 4.69) is 6.08 Å². The fraction of sp³-hybridized carbons (Fsp3) is 0.105. The maximum Gasteiger partial charge on any atom is 0.233 e. The number of carbonyl (C=O) groups excluding carboxylic acids is 1. The van der Waals surface area contributed by atoms with E-state index in [0.717, 1.165) is 38.8 Å². The Hall–Kier alpha value is -2.76. The monoisotopic (exact) mass is 356 g/mol. The molecule has 1 N–H and O–H groups in total. The molecule has 1 unspecified atom stereocenters. The number of carbonyl (C=O) groups is 1. The molecule has 3 heterocycles. The molecule has 126 valence electrons. The first-order valence-electron chi connectivity index (χ1n) is 7.68. The SMILES string of the molecule is COC1=CC=C2C=C3c4cc5c(cc4C=C[NH+]3C=C2C1=O)OCO5.Cl. The van der Waals surface area contributed by atoms with Gasteiger partial charge >= 0.3 is 0 Å². The van der Waals surface area contributed by atoms with Gasteiger partial charge in [0.15, 0.2) is 17.3 Å². The van der Waals surface area contributed by atoms with Crippen molar-refractivity contribution in [1.29, 1.82) is 0 Å². The van der Waals surface area contributed by atoms with Crippen LogP contribution in [-0.4, -0.2) is 19.7 Å². The summed E-state index contributed by atoms with van der Waals surface area (Å²) in [7, 11) is 1.51. The molecule has 5 nitrogen and oxygen atoms in total. The number of methoxy groups -OCH3 is 1. The summed E-state index contributed by atoms with van der Waals surface area (Å²) in [5.74, 6) is 1.82.